The summed E-state index contributed by atoms with van der Waals surface area (Å²) in [5.41, 5.74) is 5.58. The van der Waals surface area contributed by atoms with Crippen LogP contribution >= 0.6 is 0 Å². The topological polar surface area (TPSA) is 111 Å². The third-order valence-corrected chi connectivity index (χ3v) is 4.03. The number of hydrogen-bond donors (Lipinski definition) is 3. The summed E-state index contributed by atoms with van der Waals surface area (Å²) in [6.45, 7) is 7.66. The minimum atomic E-state index is -0.664. The molecule has 0 aliphatic carbocycles. The highest BCUT2D eigenvalue weighted by molar-refractivity contribution is 5.87. The van der Waals surface area contributed by atoms with Gasteiger partial charge in [-0.25, -0.2) is 9.59 Å². The molecule has 0 aliphatic rings. The van der Waals surface area contributed by atoms with Crippen molar-refractivity contribution in [2.45, 2.75) is 65.0 Å². The number of primary amides is 1. The fourth-order valence-corrected chi connectivity index (χ4v) is 2.86. The summed E-state index contributed by atoms with van der Waals surface area (Å²) in [5.74, 6) is 0.0925. The predicted molar refractivity (Wildman–Crippen MR) is 109 cm³/mol. The van der Waals surface area contributed by atoms with Crippen molar-refractivity contribution in [1.29, 1.82) is 0 Å². The van der Waals surface area contributed by atoms with Crippen molar-refractivity contribution in [3.63, 3.8) is 0 Å². The molecule has 1 aromatic carbocycles. The maximum Gasteiger partial charge on any atom is 0.408 e. The van der Waals surface area contributed by atoms with E-state index in [1.165, 1.54) is 5.56 Å². The zero-order valence-corrected chi connectivity index (χ0v) is 17.3. The highest BCUT2D eigenvalue weighted by Gasteiger charge is 2.25. The Kier molecular flexibility index (Phi) is 9.48. The molecule has 7 heteroatoms. The van der Waals surface area contributed by atoms with Crippen molar-refractivity contribution in [2.24, 2.45) is 11.7 Å². The van der Waals surface area contributed by atoms with Crippen molar-refractivity contribution in [3.8, 4) is 0 Å². The van der Waals surface area contributed by atoms with Gasteiger partial charge in [0, 0.05) is 13.0 Å². The first-order chi connectivity index (χ1) is 13.1. The van der Waals surface area contributed by atoms with Gasteiger partial charge in [0.25, 0.3) is 0 Å². The molecule has 2 unspecified atom stereocenters. The van der Waals surface area contributed by atoms with E-state index in [0.29, 0.717) is 25.8 Å². The molecule has 0 spiro atoms. The number of ketones is 1. The fraction of sp³-hybridized carbons (Fsp3) is 0.571. The zero-order chi connectivity index (χ0) is 21.2. The average molecular weight is 392 g/mol. The molecule has 1 rings (SSSR count). The smallest absolute Gasteiger partial charge is 0.408 e. The molecule has 0 aromatic heterocycles. The van der Waals surface area contributed by atoms with Crippen LogP contribution in [0.4, 0.5) is 9.59 Å². The maximum atomic E-state index is 12.8. The first kappa shape index (κ1) is 23.5. The number of hydrogen-bond acceptors (Lipinski definition) is 4. The second-order valence-corrected chi connectivity index (χ2v) is 8.10. The van der Waals surface area contributed by atoms with E-state index in [2.05, 4.69) is 10.6 Å². The molecule has 2 atom stereocenters. The van der Waals surface area contributed by atoms with Crippen LogP contribution in [0.15, 0.2) is 30.3 Å². The van der Waals surface area contributed by atoms with E-state index >= 15 is 0 Å². The molecular formula is C21H33N3O4. The van der Waals surface area contributed by atoms with E-state index in [1.807, 2.05) is 37.3 Å². The van der Waals surface area contributed by atoms with Gasteiger partial charge in [-0.05, 0) is 51.5 Å². The van der Waals surface area contributed by atoms with Gasteiger partial charge in [0.15, 0.2) is 5.78 Å². The molecule has 28 heavy (non-hydrogen) atoms. The Hall–Kier alpha value is -2.57. The van der Waals surface area contributed by atoms with E-state index in [-0.39, 0.29) is 11.7 Å². The molecule has 156 valence electrons. The Bertz CT molecular complexity index is 641. The van der Waals surface area contributed by atoms with Gasteiger partial charge < -0.3 is 21.1 Å². The number of Topliss-reactive ketones (excluding diaryl/α,β-unsaturated/α-hetero) is 1. The molecule has 0 saturated heterocycles. The van der Waals surface area contributed by atoms with E-state index in [1.54, 1.807) is 20.8 Å². The molecular weight excluding hydrogens is 358 g/mol. The van der Waals surface area contributed by atoms with Crippen molar-refractivity contribution in [3.05, 3.63) is 35.9 Å². The number of carbonyl (C=O) groups excluding carboxylic acids is 3. The van der Waals surface area contributed by atoms with Crippen LogP contribution in [-0.2, 0) is 16.0 Å². The summed E-state index contributed by atoms with van der Waals surface area (Å²) in [7, 11) is 0. The number of ether oxygens (including phenoxy) is 1. The summed E-state index contributed by atoms with van der Waals surface area (Å²) in [4.78, 5) is 35.7. The van der Waals surface area contributed by atoms with Crippen LogP contribution in [-0.4, -0.2) is 36.1 Å². The summed E-state index contributed by atoms with van der Waals surface area (Å²) in [6, 6.07) is 8.70. The number of benzene rings is 1. The van der Waals surface area contributed by atoms with Gasteiger partial charge in [0.2, 0.25) is 0 Å². The monoisotopic (exact) mass is 391 g/mol. The number of alkyl carbamates (subject to hydrolysis) is 1. The minimum absolute atomic E-state index is 0.0478. The highest BCUT2D eigenvalue weighted by Crippen LogP contribution is 2.15. The lowest BCUT2D eigenvalue weighted by Crippen LogP contribution is -2.44. The number of nitrogens with one attached hydrogen (secondary N) is 2. The van der Waals surface area contributed by atoms with Crippen LogP contribution < -0.4 is 16.4 Å². The molecule has 7 nitrogen and oxygen atoms in total. The highest BCUT2D eigenvalue weighted by atomic mass is 16.6. The largest absolute Gasteiger partial charge is 0.444 e. The van der Waals surface area contributed by atoms with Crippen LogP contribution in [0, 0.1) is 5.92 Å². The lowest BCUT2D eigenvalue weighted by molar-refractivity contribution is -0.122. The van der Waals surface area contributed by atoms with E-state index in [9.17, 15) is 14.4 Å². The molecule has 0 saturated carbocycles. The van der Waals surface area contributed by atoms with Gasteiger partial charge in [0.1, 0.15) is 5.60 Å². The second kappa shape index (κ2) is 11.3. The molecule has 0 bridgehead atoms. The Morgan fingerprint density at radius 3 is 2.36 bits per heavy atom. The zero-order valence-electron chi connectivity index (χ0n) is 17.3. The minimum Gasteiger partial charge on any atom is -0.444 e. The van der Waals surface area contributed by atoms with Crippen molar-refractivity contribution in [2.75, 3.05) is 6.54 Å². The number of nitrogens with two attached hydrogens (primary N) is 1. The van der Waals surface area contributed by atoms with Gasteiger partial charge >= 0.3 is 12.1 Å². The van der Waals surface area contributed by atoms with E-state index in [4.69, 9.17) is 10.5 Å². The number of carbonyl (C=O) groups is 3. The second-order valence-electron chi connectivity index (χ2n) is 8.10. The van der Waals surface area contributed by atoms with Crippen molar-refractivity contribution in [1.82, 2.24) is 10.6 Å². The SMILES string of the molecule is CC(CC(=O)C(CCCNC(N)=O)NC(=O)OC(C)(C)C)Cc1ccccc1. The summed E-state index contributed by atoms with van der Waals surface area (Å²) in [6.07, 6.45) is 1.43. The Morgan fingerprint density at radius 2 is 1.79 bits per heavy atom. The first-order valence-corrected chi connectivity index (χ1v) is 9.66. The number of rotatable bonds is 10. The van der Waals surface area contributed by atoms with Crippen LogP contribution in [0.1, 0.15) is 52.5 Å². The quantitative estimate of drug-likeness (QED) is 0.532. The van der Waals surface area contributed by atoms with E-state index < -0.39 is 23.8 Å². The number of urea groups is 1. The lowest BCUT2D eigenvalue weighted by Gasteiger charge is -2.24. The molecule has 4 N–H and O–H groups in total. The van der Waals surface area contributed by atoms with Crippen LogP contribution in [0.25, 0.3) is 0 Å². The Morgan fingerprint density at radius 1 is 1.14 bits per heavy atom. The van der Waals surface area contributed by atoms with Crippen LogP contribution in [0.2, 0.25) is 0 Å². The van der Waals surface area contributed by atoms with Gasteiger partial charge in [-0.15, -0.1) is 0 Å². The standard InChI is InChI=1S/C21H33N3O4/c1-15(13-16-9-6-5-7-10-16)14-18(25)17(11-8-12-23-19(22)26)24-20(27)28-21(2,3)4/h5-7,9-10,15,17H,8,11-14H2,1-4H3,(H,24,27)(H3,22,23,26). The van der Waals surface area contributed by atoms with Crippen molar-refractivity contribution < 1.29 is 19.1 Å². The van der Waals surface area contributed by atoms with Gasteiger partial charge in [-0.2, -0.15) is 0 Å². The Balaban J connectivity index is 2.65. The third-order valence-electron chi connectivity index (χ3n) is 4.03. The Labute approximate surface area is 167 Å². The van der Waals surface area contributed by atoms with Gasteiger partial charge in [0.05, 0.1) is 6.04 Å². The van der Waals surface area contributed by atoms with Crippen LogP contribution in [0.5, 0.6) is 0 Å². The fourth-order valence-electron chi connectivity index (χ4n) is 2.86. The van der Waals surface area contributed by atoms with Gasteiger partial charge in [-0.3, -0.25) is 4.79 Å². The first-order valence-electron chi connectivity index (χ1n) is 9.66. The lowest BCUT2D eigenvalue weighted by atomic mass is 9.92. The van der Waals surface area contributed by atoms with Gasteiger partial charge in [-0.1, -0.05) is 37.3 Å². The number of amides is 3. The van der Waals surface area contributed by atoms with E-state index in [0.717, 1.165) is 6.42 Å². The normalized spacial score (nSPS) is 13.3. The molecule has 3 amide bonds. The maximum absolute atomic E-state index is 12.8. The average Bonchev–Trinajstić information content (AvgIpc) is 2.56. The molecule has 0 aliphatic heterocycles. The molecule has 0 heterocycles. The molecule has 1 aromatic rings. The molecule has 0 fully saturated rings. The van der Waals surface area contributed by atoms with Crippen LogP contribution in [0.3, 0.4) is 0 Å². The van der Waals surface area contributed by atoms with Crippen molar-refractivity contribution >= 4 is 17.9 Å². The summed E-state index contributed by atoms with van der Waals surface area (Å²) < 4.78 is 5.27. The molecule has 0 radical (unpaired) electrons. The summed E-state index contributed by atoms with van der Waals surface area (Å²) >= 11 is 0. The third kappa shape index (κ3) is 10.5. The predicted octanol–water partition coefficient (Wildman–Crippen LogP) is 3.17. The summed E-state index contributed by atoms with van der Waals surface area (Å²) in [5, 5.41) is 5.16.